The Kier molecular flexibility index (Phi) is 5.13. The molecule has 0 spiro atoms. The van der Waals surface area contributed by atoms with E-state index in [1.165, 1.54) is 17.3 Å². The number of aliphatic imine (C=N–C) groups is 1. The van der Waals surface area contributed by atoms with E-state index in [1.54, 1.807) is 11.8 Å². The Morgan fingerprint density at radius 2 is 2.22 bits per heavy atom. The van der Waals surface area contributed by atoms with Gasteiger partial charge in [-0.2, -0.15) is 0 Å². The molecule has 0 saturated carbocycles. The number of nitrogens with one attached hydrogen (secondary N) is 1. The molecule has 1 aromatic rings. The van der Waals surface area contributed by atoms with Crippen LogP contribution < -0.4 is 5.32 Å². The maximum absolute atomic E-state index is 11.7. The van der Waals surface area contributed by atoms with Crippen molar-refractivity contribution in [2.24, 2.45) is 4.99 Å². The second kappa shape index (κ2) is 6.85. The van der Waals surface area contributed by atoms with Gasteiger partial charge >= 0.3 is 0 Å². The van der Waals surface area contributed by atoms with Crippen LogP contribution in [0.4, 0.5) is 5.69 Å². The first kappa shape index (κ1) is 13.5. The van der Waals surface area contributed by atoms with Crippen LogP contribution in [0, 0.1) is 0 Å². The van der Waals surface area contributed by atoms with E-state index in [1.807, 2.05) is 24.3 Å². The highest BCUT2D eigenvalue weighted by Gasteiger charge is 2.10. The van der Waals surface area contributed by atoms with Gasteiger partial charge in [0.25, 0.3) is 0 Å². The predicted octanol–water partition coefficient (Wildman–Crippen LogP) is 3.02. The molecule has 2 rings (SSSR count). The molecule has 5 heteroatoms. The first-order chi connectivity index (χ1) is 8.78. The summed E-state index contributed by atoms with van der Waals surface area (Å²) in [4.78, 5) is 16.0. The van der Waals surface area contributed by atoms with Crippen LogP contribution in [0.2, 0.25) is 0 Å². The van der Waals surface area contributed by atoms with E-state index in [9.17, 15) is 4.79 Å². The van der Waals surface area contributed by atoms with Crippen molar-refractivity contribution >= 4 is 39.5 Å². The Hall–Kier alpha value is -0.940. The molecule has 1 heterocycles. The van der Waals surface area contributed by atoms with Gasteiger partial charge in [-0.25, -0.2) is 0 Å². The summed E-state index contributed by atoms with van der Waals surface area (Å²) in [6, 6.07) is 7.98. The standard InChI is InChI=1S/C13H16N2OS2/c1-2-10-3-5-11(6-4-10)15-12(16)9-18-13-14-7-8-17-13/h3-6H,2,7-9H2,1H3,(H,15,16). The molecule has 1 aromatic carbocycles. The van der Waals surface area contributed by atoms with Gasteiger partial charge in [0.1, 0.15) is 4.38 Å². The molecule has 1 N–H and O–H groups in total. The Morgan fingerprint density at radius 1 is 1.44 bits per heavy atom. The Labute approximate surface area is 116 Å². The molecule has 0 saturated heterocycles. The molecular weight excluding hydrogens is 264 g/mol. The van der Waals surface area contributed by atoms with Crippen LogP contribution >= 0.6 is 23.5 Å². The Bertz CT molecular complexity index is 443. The molecule has 0 radical (unpaired) electrons. The molecule has 0 atom stereocenters. The van der Waals surface area contributed by atoms with Crippen molar-refractivity contribution in [3.8, 4) is 0 Å². The number of hydrogen-bond acceptors (Lipinski definition) is 4. The highest BCUT2D eigenvalue weighted by atomic mass is 32.2. The molecule has 96 valence electrons. The lowest BCUT2D eigenvalue weighted by Crippen LogP contribution is -2.14. The highest BCUT2D eigenvalue weighted by molar-refractivity contribution is 8.39. The maximum atomic E-state index is 11.7. The summed E-state index contributed by atoms with van der Waals surface area (Å²) in [6.07, 6.45) is 1.02. The lowest BCUT2D eigenvalue weighted by molar-refractivity contribution is -0.113. The number of thioether (sulfide) groups is 2. The summed E-state index contributed by atoms with van der Waals surface area (Å²) >= 11 is 3.25. The smallest absolute Gasteiger partial charge is 0.234 e. The Morgan fingerprint density at radius 3 is 2.83 bits per heavy atom. The summed E-state index contributed by atoms with van der Waals surface area (Å²) < 4.78 is 1.03. The zero-order valence-electron chi connectivity index (χ0n) is 10.3. The average molecular weight is 280 g/mol. The van der Waals surface area contributed by atoms with E-state index in [2.05, 4.69) is 17.2 Å². The van der Waals surface area contributed by atoms with E-state index in [4.69, 9.17) is 0 Å². The molecule has 1 aliphatic heterocycles. The van der Waals surface area contributed by atoms with Crippen molar-refractivity contribution in [1.82, 2.24) is 0 Å². The van der Waals surface area contributed by atoms with Crippen molar-refractivity contribution in [3.63, 3.8) is 0 Å². The first-order valence-corrected chi connectivity index (χ1v) is 7.94. The van der Waals surface area contributed by atoms with E-state index in [-0.39, 0.29) is 5.91 Å². The van der Waals surface area contributed by atoms with Crippen LogP contribution in [-0.4, -0.2) is 28.3 Å². The van der Waals surface area contributed by atoms with Gasteiger partial charge in [-0.05, 0) is 24.1 Å². The van der Waals surface area contributed by atoms with E-state index >= 15 is 0 Å². The second-order valence-corrected chi connectivity index (χ2v) is 6.19. The normalized spacial score (nSPS) is 14.4. The second-order valence-electron chi connectivity index (χ2n) is 3.88. The molecule has 0 fully saturated rings. The number of carbonyl (C=O) groups is 1. The Balaban J connectivity index is 1.79. The predicted molar refractivity (Wildman–Crippen MR) is 81.7 cm³/mol. The topological polar surface area (TPSA) is 41.5 Å². The lowest BCUT2D eigenvalue weighted by Gasteiger charge is -2.05. The van der Waals surface area contributed by atoms with Gasteiger partial charge in [-0.15, -0.1) is 0 Å². The lowest BCUT2D eigenvalue weighted by atomic mass is 10.1. The van der Waals surface area contributed by atoms with Crippen LogP contribution in [0.3, 0.4) is 0 Å². The van der Waals surface area contributed by atoms with Gasteiger partial charge in [0.2, 0.25) is 5.91 Å². The van der Waals surface area contributed by atoms with Crippen molar-refractivity contribution < 1.29 is 4.79 Å². The molecule has 0 aromatic heterocycles. The van der Waals surface area contributed by atoms with Gasteiger partial charge in [-0.1, -0.05) is 42.6 Å². The third-order valence-corrected chi connectivity index (χ3v) is 4.78. The van der Waals surface area contributed by atoms with Crippen molar-refractivity contribution in [2.45, 2.75) is 13.3 Å². The molecule has 18 heavy (non-hydrogen) atoms. The zero-order chi connectivity index (χ0) is 12.8. The van der Waals surface area contributed by atoms with Crippen LogP contribution in [0.25, 0.3) is 0 Å². The summed E-state index contributed by atoms with van der Waals surface area (Å²) in [5.41, 5.74) is 2.14. The average Bonchev–Trinajstić information content (AvgIpc) is 2.90. The van der Waals surface area contributed by atoms with E-state index < -0.39 is 0 Å². The van der Waals surface area contributed by atoms with Gasteiger partial charge in [0.15, 0.2) is 0 Å². The number of amides is 1. The summed E-state index contributed by atoms with van der Waals surface area (Å²) in [7, 11) is 0. The number of rotatable bonds is 4. The molecule has 1 amide bonds. The number of carbonyl (C=O) groups excluding carboxylic acids is 1. The fourth-order valence-electron chi connectivity index (χ4n) is 1.55. The van der Waals surface area contributed by atoms with Gasteiger partial charge in [0, 0.05) is 11.4 Å². The minimum atomic E-state index is 0.0273. The molecule has 0 aliphatic carbocycles. The monoisotopic (exact) mass is 280 g/mol. The van der Waals surface area contributed by atoms with Crippen LogP contribution in [0.15, 0.2) is 29.3 Å². The fourth-order valence-corrected chi connectivity index (χ4v) is 3.36. The molecule has 0 unspecified atom stereocenters. The van der Waals surface area contributed by atoms with Crippen LogP contribution in [0.5, 0.6) is 0 Å². The van der Waals surface area contributed by atoms with E-state index in [0.29, 0.717) is 5.75 Å². The van der Waals surface area contributed by atoms with Crippen LogP contribution in [0.1, 0.15) is 12.5 Å². The minimum absolute atomic E-state index is 0.0273. The minimum Gasteiger partial charge on any atom is -0.325 e. The van der Waals surface area contributed by atoms with Gasteiger partial charge < -0.3 is 5.32 Å². The first-order valence-electron chi connectivity index (χ1n) is 5.97. The molecule has 1 aliphatic rings. The summed E-state index contributed by atoms with van der Waals surface area (Å²) in [5.74, 6) is 1.50. The van der Waals surface area contributed by atoms with Crippen molar-refractivity contribution in [2.75, 3.05) is 23.4 Å². The molecule has 3 nitrogen and oxygen atoms in total. The third kappa shape index (κ3) is 4.07. The number of aryl methyl sites for hydroxylation is 1. The van der Waals surface area contributed by atoms with Gasteiger partial charge in [0.05, 0.1) is 12.3 Å². The molecular formula is C13H16N2OS2. The number of benzene rings is 1. The quantitative estimate of drug-likeness (QED) is 0.921. The van der Waals surface area contributed by atoms with E-state index in [0.717, 1.165) is 28.8 Å². The van der Waals surface area contributed by atoms with Crippen molar-refractivity contribution in [1.29, 1.82) is 0 Å². The summed E-state index contributed by atoms with van der Waals surface area (Å²) in [5, 5.41) is 2.89. The highest BCUT2D eigenvalue weighted by Crippen LogP contribution is 2.22. The number of hydrogen-bond donors (Lipinski definition) is 1. The van der Waals surface area contributed by atoms with Crippen molar-refractivity contribution in [3.05, 3.63) is 29.8 Å². The largest absolute Gasteiger partial charge is 0.325 e. The number of anilines is 1. The third-order valence-electron chi connectivity index (χ3n) is 2.53. The molecule has 0 bridgehead atoms. The SMILES string of the molecule is CCc1ccc(NC(=O)CSC2=NCCS2)cc1. The fraction of sp³-hybridized carbons (Fsp3) is 0.385. The maximum Gasteiger partial charge on any atom is 0.234 e. The summed E-state index contributed by atoms with van der Waals surface area (Å²) in [6.45, 7) is 3.00. The number of nitrogens with zero attached hydrogens (tertiary/aromatic N) is 1. The zero-order valence-corrected chi connectivity index (χ0v) is 11.9. The van der Waals surface area contributed by atoms with Gasteiger partial charge in [-0.3, -0.25) is 9.79 Å². The van der Waals surface area contributed by atoms with Crippen LogP contribution in [-0.2, 0) is 11.2 Å².